The average Bonchev–Trinajstić information content (AvgIpc) is 3.10. The summed E-state index contributed by atoms with van der Waals surface area (Å²) in [6, 6.07) is 5.86. The first-order valence-electron chi connectivity index (χ1n) is 6.19. The molecular formula is C14H14FNO3S. The molecule has 0 spiro atoms. The molecule has 1 aliphatic carbocycles. The highest BCUT2D eigenvalue weighted by Crippen LogP contribution is 2.49. The molecule has 0 saturated heterocycles. The number of carboxylic acid groups (broad SMARTS) is 1. The Morgan fingerprint density at radius 2 is 2.20 bits per heavy atom. The Morgan fingerprint density at radius 1 is 1.50 bits per heavy atom. The molecule has 4 nitrogen and oxygen atoms in total. The smallest absolute Gasteiger partial charge is 0.303 e. The van der Waals surface area contributed by atoms with Gasteiger partial charge in [0.2, 0.25) is 0 Å². The summed E-state index contributed by atoms with van der Waals surface area (Å²) >= 11 is 0. The molecule has 6 heteroatoms. The molecule has 1 fully saturated rings. The fourth-order valence-corrected chi connectivity index (χ4v) is 3.93. The number of nitrogens with zero attached hydrogens (tertiary/aromatic N) is 1. The molecule has 1 aliphatic rings. The van der Waals surface area contributed by atoms with Gasteiger partial charge in [0.05, 0.1) is 23.8 Å². The van der Waals surface area contributed by atoms with Crippen LogP contribution in [-0.2, 0) is 21.3 Å². The maximum atomic E-state index is 13.6. The van der Waals surface area contributed by atoms with E-state index in [0.29, 0.717) is 5.56 Å². The van der Waals surface area contributed by atoms with Gasteiger partial charge in [-0.2, -0.15) is 5.26 Å². The molecule has 0 aliphatic heterocycles. The number of carbonyl (C=O) groups is 1. The molecule has 1 aromatic carbocycles. The van der Waals surface area contributed by atoms with Crippen LogP contribution in [0.4, 0.5) is 4.39 Å². The molecule has 0 heterocycles. The van der Waals surface area contributed by atoms with E-state index in [1.165, 1.54) is 18.2 Å². The van der Waals surface area contributed by atoms with Crippen molar-refractivity contribution in [2.24, 2.45) is 5.41 Å². The normalized spacial score (nSPS) is 17.2. The number of nitriles is 1. The van der Waals surface area contributed by atoms with Crippen LogP contribution in [0.5, 0.6) is 0 Å². The topological polar surface area (TPSA) is 78.2 Å². The molecular weight excluding hydrogens is 281 g/mol. The number of aliphatic carboxylic acids is 1. The van der Waals surface area contributed by atoms with Crippen LogP contribution in [0.3, 0.4) is 0 Å². The summed E-state index contributed by atoms with van der Waals surface area (Å²) in [6.07, 6.45) is 1.52. The van der Waals surface area contributed by atoms with Gasteiger partial charge in [-0.05, 0) is 36.5 Å². The summed E-state index contributed by atoms with van der Waals surface area (Å²) in [4.78, 5) is 10.7. The van der Waals surface area contributed by atoms with Crippen molar-refractivity contribution in [2.45, 2.75) is 25.0 Å². The molecule has 0 amide bonds. The highest BCUT2D eigenvalue weighted by atomic mass is 32.2. The Hall–Kier alpha value is -1.74. The molecule has 1 atom stereocenters. The van der Waals surface area contributed by atoms with E-state index in [4.69, 9.17) is 10.4 Å². The lowest BCUT2D eigenvalue weighted by Gasteiger charge is -2.12. The van der Waals surface area contributed by atoms with Gasteiger partial charge in [-0.1, -0.05) is 0 Å². The quantitative estimate of drug-likeness (QED) is 0.872. The van der Waals surface area contributed by atoms with Crippen LogP contribution in [0.15, 0.2) is 18.2 Å². The zero-order valence-electron chi connectivity index (χ0n) is 10.8. The lowest BCUT2D eigenvalue weighted by Crippen LogP contribution is -2.17. The lowest BCUT2D eigenvalue weighted by molar-refractivity contribution is -0.138. The van der Waals surface area contributed by atoms with Crippen LogP contribution in [0.2, 0.25) is 0 Å². The van der Waals surface area contributed by atoms with Crippen LogP contribution in [0, 0.1) is 22.6 Å². The van der Waals surface area contributed by atoms with E-state index in [2.05, 4.69) is 0 Å². The summed E-state index contributed by atoms with van der Waals surface area (Å²) in [7, 11) is -1.33. The predicted octanol–water partition coefficient (Wildman–Crippen LogP) is 2.20. The molecule has 1 unspecified atom stereocenters. The lowest BCUT2D eigenvalue weighted by atomic mass is 10.1. The second-order valence-electron chi connectivity index (χ2n) is 5.22. The van der Waals surface area contributed by atoms with E-state index in [-0.39, 0.29) is 28.9 Å². The fourth-order valence-electron chi connectivity index (χ4n) is 2.19. The van der Waals surface area contributed by atoms with Gasteiger partial charge in [-0.3, -0.25) is 9.00 Å². The average molecular weight is 295 g/mol. The second-order valence-corrected chi connectivity index (χ2v) is 6.67. The van der Waals surface area contributed by atoms with Crippen LogP contribution >= 0.6 is 0 Å². The molecule has 1 aromatic rings. The monoisotopic (exact) mass is 295 g/mol. The first kappa shape index (κ1) is 14.7. The third-order valence-electron chi connectivity index (χ3n) is 3.44. The van der Waals surface area contributed by atoms with Crippen LogP contribution in [0.25, 0.3) is 0 Å². The molecule has 1 N–H and O–H groups in total. The highest BCUT2D eigenvalue weighted by molar-refractivity contribution is 7.84. The standard InChI is InChI=1S/C14H14FNO3S/c15-12-2-1-10(7-16)5-11(12)8-20(19)9-14(3-4-14)6-13(17)18/h1-2,5H,3-4,6,8-9H2,(H,17,18). The van der Waals surface area contributed by atoms with Crippen LogP contribution < -0.4 is 0 Å². The van der Waals surface area contributed by atoms with Gasteiger partial charge >= 0.3 is 5.97 Å². The minimum Gasteiger partial charge on any atom is -0.481 e. The summed E-state index contributed by atoms with van der Waals surface area (Å²) in [5, 5.41) is 17.6. The van der Waals surface area contributed by atoms with E-state index in [1.807, 2.05) is 6.07 Å². The Bertz CT molecular complexity index is 605. The molecule has 0 bridgehead atoms. The Kier molecular flexibility index (Phi) is 4.19. The Morgan fingerprint density at radius 3 is 2.75 bits per heavy atom. The zero-order valence-corrected chi connectivity index (χ0v) is 11.6. The maximum Gasteiger partial charge on any atom is 0.303 e. The van der Waals surface area contributed by atoms with Gasteiger partial charge in [0.15, 0.2) is 0 Å². The molecule has 2 rings (SSSR count). The molecule has 20 heavy (non-hydrogen) atoms. The van der Waals surface area contributed by atoms with Gasteiger partial charge in [0, 0.05) is 22.1 Å². The summed E-state index contributed by atoms with van der Waals surface area (Å²) < 4.78 is 25.7. The van der Waals surface area contributed by atoms with Crippen molar-refractivity contribution in [1.82, 2.24) is 0 Å². The first-order chi connectivity index (χ1) is 9.44. The van der Waals surface area contributed by atoms with Gasteiger partial charge < -0.3 is 5.11 Å². The number of hydrogen-bond acceptors (Lipinski definition) is 3. The SMILES string of the molecule is N#Cc1ccc(F)c(CS(=O)CC2(CC(=O)O)CC2)c1. The van der Waals surface area contributed by atoms with E-state index >= 15 is 0 Å². The van der Waals surface area contributed by atoms with Crippen LogP contribution in [-0.4, -0.2) is 21.0 Å². The van der Waals surface area contributed by atoms with Crippen molar-refractivity contribution >= 4 is 16.8 Å². The number of halogens is 1. The van der Waals surface area contributed by atoms with Crippen molar-refractivity contribution in [1.29, 1.82) is 5.26 Å². The van der Waals surface area contributed by atoms with Crippen molar-refractivity contribution in [2.75, 3.05) is 5.75 Å². The highest BCUT2D eigenvalue weighted by Gasteiger charge is 2.45. The number of carboxylic acids is 1. The molecule has 0 aromatic heterocycles. The summed E-state index contributed by atoms with van der Waals surface area (Å²) in [5.41, 5.74) is 0.193. The number of rotatable bonds is 6. The molecule has 1 saturated carbocycles. The molecule has 106 valence electrons. The fraction of sp³-hybridized carbons (Fsp3) is 0.429. The van der Waals surface area contributed by atoms with Gasteiger partial charge in [0.1, 0.15) is 5.82 Å². The Balaban J connectivity index is 2.02. The minimum absolute atomic E-state index is 0.0134. The van der Waals surface area contributed by atoms with Crippen molar-refractivity contribution in [3.05, 3.63) is 35.1 Å². The Labute approximate surface area is 118 Å². The first-order valence-corrected chi connectivity index (χ1v) is 7.68. The van der Waals surface area contributed by atoms with Gasteiger partial charge in [-0.15, -0.1) is 0 Å². The van der Waals surface area contributed by atoms with E-state index < -0.39 is 22.6 Å². The zero-order chi connectivity index (χ0) is 14.8. The maximum absolute atomic E-state index is 13.6. The van der Waals surface area contributed by atoms with Crippen LogP contribution in [0.1, 0.15) is 30.4 Å². The van der Waals surface area contributed by atoms with Crippen molar-refractivity contribution in [3.63, 3.8) is 0 Å². The summed E-state index contributed by atoms with van der Waals surface area (Å²) in [5.74, 6) is -1.09. The number of hydrogen-bond donors (Lipinski definition) is 1. The third-order valence-corrected chi connectivity index (χ3v) is 5.01. The third kappa shape index (κ3) is 3.64. The van der Waals surface area contributed by atoms with Gasteiger partial charge in [-0.25, -0.2) is 4.39 Å². The van der Waals surface area contributed by atoms with E-state index in [1.54, 1.807) is 0 Å². The predicted molar refractivity (Wildman–Crippen MR) is 71.7 cm³/mol. The van der Waals surface area contributed by atoms with Crippen molar-refractivity contribution < 1.29 is 18.5 Å². The van der Waals surface area contributed by atoms with E-state index in [0.717, 1.165) is 12.8 Å². The van der Waals surface area contributed by atoms with Crippen molar-refractivity contribution in [3.8, 4) is 6.07 Å². The summed E-state index contributed by atoms with van der Waals surface area (Å²) in [6.45, 7) is 0. The van der Waals surface area contributed by atoms with Gasteiger partial charge in [0.25, 0.3) is 0 Å². The largest absolute Gasteiger partial charge is 0.481 e. The second kappa shape index (κ2) is 5.71. The van der Waals surface area contributed by atoms with E-state index in [9.17, 15) is 13.4 Å². The minimum atomic E-state index is -1.33. The molecule has 0 radical (unpaired) electrons. The number of benzene rings is 1.